The summed E-state index contributed by atoms with van der Waals surface area (Å²) in [5.74, 6) is 0. The average molecular weight is 280 g/mol. The Morgan fingerprint density at radius 3 is 2.47 bits per heavy atom. The molecule has 1 spiro atoms. The standard InChI is InChI=1S/C14H20N2O2S/c1-19(17,18)12-6-4-5-11-13(12)16-10-14(9-15-11)7-2-3-8-14/h4-6,15-16H,2-3,7-10H2,1H3. The van der Waals surface area contributed by atoms with Gasteiger partial charge in [0.15, 0.2) is 9.84 Å². The van der Waals surface area contributed by atoms with Crippen LogP contribution in [0.15, 0.2) is 23.1 Å². The molecule has 1 saturated carbocycles. The lowest BCUT2D eigenvalue weighted by atomic mass is 9.86. The molecule has 1 aromatic rings. The van der Waals surface area contributed by atoms with E-state index in [2.05, 4.69) is 10.6 Å². The van der Waals surface area contributed by atoms with Crippen molar-refractivity contribution in [3.63, 3.8) is 0 Å². The number of anilines is 2. The highest BCUT2D eigenvalue weighted by Gasteiger charge is 2.36. The Kier molecular flexibility index (Phi) is 2.96. The minimum absolute atomic E-state index is 0.286. The van der Waals surface area contributed by atoms with E-state index in [4.69, 9.17) is 0 Å². The first-order chi connectivity index (χ1) is 9.00. The molecule has 1 heterocycles. The molecular formula is C14H20N2O2S. The molecule has 2 aliphatic rings. The zero-order valence-electron chi connectivity index (χ0n) is 11.2. The molecule has 0 bridgehead atoms. The summed E-state index contributed by atoms with van der Waals surface area (Å²) in [6.45, 7) is 1.79. The molecule has 1 aromatic carbocycles. The van der Waals surface area contributed by atoms with Gasteiger partial charge in [0.25, 0.3) is 0 Å². The van der Waals surface area contributed by atoms with E-state index < -0.39 is 9.84 Å². The van der Waals surface area contributed by atoms with Crippen molar-refractivity contribution in [1.29, 1.82) is 0 Å². The maximum Gasteiger partial charge on any atom is 0.177 e. The van der Waals surface area contributed by atoms with Gasteiger partial charge in [-0.3, -0.25) is 0 Å². The predicted octanol–water partition coefficient (Wildman–Crippen LogP) is 2.49. The number of hydrogen-bond acceptors (Lipinski definition) is 4. The van der Waals surface area contributed by atoms with E-state index in [-0.39, 0.29) is 5.41 Å². The number of rotatable bonds is 1. The van der Waals surface area contributed by atoms with Crippen LogP contribution in [-0.2, 0) is 9.84 Å². The summed E-state index contributed by atoms with van der Waals surface area (Å²) < 4.78 is 23.7. The Morgan fingerprint density at radius 1 is 1.11 bits per heavy atom. The van der Waals surface area contributed by atoms with E-state index in [9.17, 15) is 8.42 Å². The van der Waals surface area contributed by atoms with Gasteiger partial charge in [0.05, 0.1) is 16.3 Å². The number of sulfone groups is 1. The molecule has 0 atom stereocenters. The number of para-hydroxylation sites is 1. The van der Waals surface area contributed by atoms with E-state index in [0.717, 1.165) is 24.5 Å². The van der Waals surface area contributed by atoms with Crippen LogP contribution in [0.4, 0.5) is 11.4 Å². The van der Waals surface area contributed by atoms with Crippen LogP contribution in [0.2, 0.25) is 0 Å². The minimum atomic E-state index is -3.20. The van der Waals surface area contributed by atoms with Crippen LogP contribution in [0.25, 0.3) is 0 Å². The molecule has 1 aliphatic heterocycles. The van der Waals surface area contributed by atoms with Crippen molar-refractivity contribution in [2.45, 2.75) is 30.6 Å². The fourth-order valence-electron chi connectivity index (χ4n) is 3.27. The molecule has 2 N–H and O–H groups in total. The second kappa shape index (κ2) is 4.40. The van der Waals surface area contributed by atoms with E-state index in [1.54, 1.807) is 12.1 Å². The Hall–Kier alpha value is -1.23. The quantitative estimate of drug-likeness (QED) is 0.830. The number of nitrogens with one attached hydrogen (secondary N) is 2. The van der Waals surface area contributed by atoms with Crippen molar-refractivity contribution in [2.24, 2.45) is 5.41 Å². The number of hydrogen-bond donors (Lipinski definition) is 2. The van der Waals surface area contributed by atoms with Gasteiger partial charge in [-0.05, 0) is 25.0 Å². The van der Waals surface area contributed by atoms with Gasteiger partial charge in [-0.25, -0.2) is 8.42 Å². The molecule has 0 aromatic heterocycles. The Balaban J connectivity index is 1.99. The fraction of sp³-hybridized carbons (Fsp3) is 0.571. The van der Waals surface area contributed by atoms with Crippen molar-refractivity contribution in [3.05, 3.63) is 18.2 Å². The molecule has 0 unspecified atom stereocenters. The molecule has 19 heavy (non-hydrogen) atoms. The average Bonchev–Trinajstić information content (AvgIpc) is 2.73. The highest BCUT2D eigenvalue weighted by molar-refractivity contribution is 7.90. The molecular weight excluding hydrogens is 260 g/mol. The van der Waals surface area contributed by atoms with Gasteiger partial charge >= 0.3 is 0 Å². The fourth-order valence-corrected chi connectivity index (χ4v) is 4.15. The molecule has 0 amide bonds. The maximum absolute atomic E-state index is 11.9. The first kappa shape index (κ1) is 12.8. The van der Waals surface area contributed by atoms with Crippen LogP contribution < -0.4 is 10.6 Å². The van der Waals surface area contributed by atoms with E-state index >= 15 is 0 Å². The molecule has 3 rings (SSSR count). The van der Waals surface area contributed by atoms with Gasteiger partial charge in [0.2, 0.25) is 0 Å². The summed E-state index contributed by atoms with van der Waals surface area (Å²) in [6, 6.07) is 5.43. The summed E-state index contributed by atoms with van der Waals surface area (Å²) in [5.41, 5.74) is 1.94. The summed E-state index contributed by atoms with van der Waals surface area (Å²) >= 11 is 0. The first-order valence-corrected chi connectivity index (χ1v) is 8.70. The highest BCUT2D eigenvalue weighted by atomic mass is 32.2. The zero-order valence-corrected chi connectivity index (χ0v) is 12.0. The van der Waals surface area contributed by atoms with Crippen LogP contribution >= 0.6 is 0 Å². The van der Waals surface area contributed by atoms with E-state index in [0.29, 0.717) is 4.90 Å². The van der Waals surface area contributed by atoms with Gasteiger partial charge < -0.3 is 10.6 Å². The number of benzene rings is 1. The Morgan fingerprint density at radius 2 is 1.79 bits per heavy atom. The first-order valence-electron chi connectivity index (χ1n) is 6.81. The van der Waals surface area contributed by atoms with E-state index in [1.807, 2.05) is 6.07 Å². The topological polar surface area (TPSA) is 58.2 Å². The lowest BCUT2D eigenvalue weighted by Gasteiger charge is -2.27. The lowest BCUT2D eigenvalue weighted by molar-refractivity contribution is 0.346. The van der Waals surface area contributed by atoms with E-state index in [1.165, 1.54) is 31.9 Å². The molecule has 5 heteroatoms. The summed E-state index contributed by atoms with van der Waals surface area (Å²) in [4.78, 5) is 0.396. The summed E-state index contributed by atoms with van der Waals surface area (Å²) in [7, 11) is -3.20. The third-order valence-corrected chi connectivity index (χ3v) is 5.52. The van der Waals surface area contributed by atoms with Crippen LogP contribution in [-0.4, -0.2) is 27.8 Å². The highest BCUT2D eigenvalue weighted by Crippen LogP contribution is 2.42. The zero-order chi connectivity index (χ0) is 13.5. The van der Waals surface area contributed by atoms with Gasteiger partial charge in [-0.2, -0.15) is 0 Å². The van der Waals surface area contributed by atoms with Crippen molar-refractivity contribution in [2.75, 3.05) is 30.0 Å². The van der Waals surface area contributed by atoms with Crippen LogP contribution in [0.5, 0.6) is 0 Å². The molecule has 4 nitrogen and oxygen atoms in total. The Bertz CT molecular complexity index is 589. The van der Waals surface area contributed by atoms with Gasteiger partial charge in [0, 0.05) is 24.8 Å². The minimum Gasteiger partial charge on any atom is -0.383 e. The molecule has 1 aliphatic carbocycles. The third kappa shape index (κ3) is 2.31. The van der Waals surface area contributed by atoms with Gasteiger partial charge in [-0.1, -0.05) is 18.9 Å². The predicted molar refractivity (Wildman–Crippen MR) is 77.4 cm³/mol. The smallest absolute Gasteiger partial charge is 0.177 e. The molecule has 0 saturated heterocycles. The van der Waals surface area contributed by atoms with Crippen molar-refractivity contribution >= 4 is 21.2 Å². The summed E-state index contributed by atoms with van der Waals surface area (Å²) in [6.07, 6.45) is 6.25. The van der Waals surface area contributed by atoms with Crippen molar-refractivity contribution < 1.29 is 8.42 Å². The SMILES string of the molecule is CS(=O)(=O)c1cccc2c1NCC1(CCCC1)CN2. The normalized spacial score (nSPS) is 21.3. The van der Waals surface area contributed by atoms with Gasteiger partial charge in [0.1, 0.15) is 0 Å². The Labute approximate surface area is 114 Å². The molecule has 0 radical (unpaired) electrons. The van der Waals surface area contributed by atoms with Gasteiger partial charge in [-0.15, -0.1) is 0 Å². The number of fused-ring (bicyclic) bond motifs is 1. The second-order valence-electron chi connectivity index (χ2n) is 5.87. The second-order valence-corrected chi connectivity index (χ2v) is 7.85. The van der Waals surface area contributed by atoms with Crippen LogP contribution in [0, 0.1) is 5.41 Å². The van der Waals surface area contributed by atoms with Crippen molar-refractivity contribution in [1.82, 2.24) is 0 Å². The van der Waals surface area contributed by atoms with Crippen molar-refractivity contribution in [3.8, 4) is 0 Å². The van der Waals surface area contributed by atoms with Crippen LogP contribution in [0.1, 0.15) is 25.7 Å². The third-order valence-electron chi connectivity index (χ3n) is 4.38. The van der Waals surface area contributed by atoms with Crippen LogP contribution in [0.3, 0.4) is 0 Å². The monoisotopic (exact) mass is 280 g/mol. The molecule has 104 valence electrons. The summed E-state index contributed by atoms with van der Waals surface area (Å²) in [5, 5.41) is 6.83. The lowest BCUT2D eigenvalue weighted by Crippen LogP contribution is -2.31. The molecule has 1 fully saturated rings. The largest absolute Gasteiger partial charge is 0.383 e. The maximum atomic E-state index is 11.9.